The molecule has 0 N–H and O–H groups in total. The first-order valence-electron chi connectivity index (χ1n) is 19.0. The van der Waals surface area contributed by atoms with Crippen LogP contribution < -0.4 is 0 Å². The van der Waals surface area contributed by atoms with Crippen molar-refractivity contribution in [1.82, 2.24) is 4.98 Å². The number of rotatable bonds is 4. The van der Waals surface area contributed by atoms with Gasteiger partial charge in [0, 0.05) is 17.1 Å². The maximum Gasteiger partial charge on any atom is 0.0702 e. The van der Waals surface area contributed by atoms with Crippen LogP contribution >= 0.6 is 0 Å². The minimum absolute atomic E-state index is 1.02. The van der Waals surface area contributed by atoms with Crippen LogP contribution in [0.15, 0.2) is 194 Å². The van der Waals surface area contributed by atoms with Gasteiger partial charge in [-0.3, -0.25) is 4.98 Å². The van der Waals surface area contributed by atoms with Gasteiger partial charge in [0.2, 0.25) is 0 Å². The van der Waals surface area contributed by atoms with Gasteiger partial charge in [0.15, 0.2) is 0 Å². The first-order valence-corrected chi connectivity index (χ1v) is 19.0. The van der Waals surface area contributed by atoms with Crippen LogP contribution in [-0.4, -0.2) is 4.98 Å². The molecule has 0 aliphatic carbocycles. The van der Waals surface area contributed by atoms with Crippen molar-refractivity contribution in [3.63, 3.8) is 0 Å². The third-order valence-electron chi connectivity index (χ3n) is 11.6. The van der Waals surface area contributed by atoms with Gasteiger partial charge in [0.25, 0.3) is 0 Å². The van der Waals surface area contributed by atoms with Crippen LogP contribution in [0.25, 0.3) is 109 Å². The third kappa shape index (κ3) is 5.28. The van der Waals surface area contributed by atoms with Crippen LogP contribution in [0, 0.1) is 6.92 Å². The van der Waals surface area contributed by atoms with Crippen molar-refractivity contribution in [3.8, 4) is 44.5 Å². The van der Waals surface area contributed by atoms with Crippen molar-refractivity contribution in [2.45, 2.75) is 6.92 Å². The van der Waals surface area contributed by atoms with Crippen LogP contribution in [0.3, 0.4) is 0 Å². The lowest BCUT2D eigenvalue weighted by atomic mass is 9.88. The van der Waals surface area contributed by atoms with Gasteiger partial charge in [-0.1, -0.05) is 158 Å². The average molecular weight is 698 g/mol. The molecular formula is C54H35N. The second-order valence-electron chi connectivity index (χ2n) is 14.8. The minimum Gasteiger partial charge on any atom is -0.256 e. The lowest BCUT2D eigenvalue weighted by molar-refractivity contribution is 1.41. The van der Waals surface area contributed by atoms with Crippen molar-refractivity contribution in [2.75, 3.05) is 0 Å². The van der Waals surface area contributed by atoms with Gasteiger partial charge in [-0.15, -0.1) is 0 Å². The Hall–Kier alpha value is -7.09. The molecule has 0 unspecified atom stereocenters. The van der Waals surface area contributed by atoms with E-state index in [0.29, 0.717) is 0 Å². The van der Waals surface area contributed by atoms with Crippen molar-refractivity contribution < 1.29 is 0 Å². The van der Waals surface area contributed by atoms with Gasteiger partial charge in [-0.05, 0) is 136 Å². The van der Waals surface area contributed by atoms with Crippen molar-refractivity contribution in [3.05, 3.63) is 200 Å². The Kier molecular flexibility index (Phi) is 7.15. The third-order valence-corrected chi connectivity index (χ3v) is 11.6. The lowest BCUT2D eigenvalue weighted by Crippen LogP contribution is -1.89. The molecule has 10 aromatic carbocycles. The van der Waals surface area contributed by atoms with Gasteiger partial charge in [-0.25, -0.2) is 0 Å². The monoisotopic (exact) mass is 697 g/mol. The van der Waals surface area contributed by atoms with Crippen LogP contribution in [0.5, 0.6) is 0 Å². The molecule has 0 aliphatic rings. The van der Waals surface area contributed by atoms with Gasteiger partial charge >= 0.3 is 0 Å². The molecule has 0 saturated carbocycles. The van der Waals surface area contributed by atoms with Crippen molar-refractivity contribution in [2.24, 2.45) is 0 Å². The summed E-state index contributed by atoms with van der Waals surface area (Å²) in [6, 6.07) is 69.1. The summed E-state index contributed by atoms with van der Waals surface area (Å²) < 4.78 is 0. The van der Waals surface area contributed by atoms with Crippen LogP contribution in [0.4, 0.5) is 0 Å². The molecule has 1 heterocycles. The average Bonchev–Trinajstić information content (AvgIpc) is 3.25. The molecule has 0 radical (unpaired) electrons. The Labute approximate surface area is 319 Å². The standard InChI is InChI=1S/C54H35N/c1-34-7-4-9-37-19-20-39-11-6-13-50(54(39)52(34)37)49-12-5-10-38-21-26-45-31-41(27-28-48(45)53(38)49)36-17-15-35(16-18-36)40-22-23-43-30-44(25-24-42(43)29-40)47-32-46-8-2-3-14-51(46)55-33-47/h2-33H,1H3. The molecule has 0 spiro atoms. The number of aromatic nitrogens is 1. The smallest absolute Gasteiger partial charge is 0.0702 e. The second-order valence-corrected chi connectivity index (χ2v) is 14.8. The SMILES string of the molecule is Cc1cccc2ccc3cccc(-c4cccc5ccc6cc(-c7ccc(-c8ccc9cc(-c%10cnc%11ccccc%11c%10)ccc9c8)cc7)ccc6c45)c3c12. The highest BCUT2D eigenvalue weighted by Crippen LogP contribution is 2.42. The van der Waals surface area contributed by atoms with E-state index in [1.54, 1.807) is 0 Å². The Morgan fingerprint density at radius 3 is 1.49 bits per heavy atom. The van der Waals surface area contributed by atoms with E-state index in [4.69, 9.17) is 0 Å². The van der Waals surface area contributed by atoms with Crippen molar-refractivity contribution in [1.29, 1.82) is 0 Å². The van der Waals surface area contributed by atoms with E-state index in [1.165, 1.54) is 98.4 Å². The highest BCUT2D eigenvalue weighted by Gasteiger charge is 2.14. The molecule has 0 fully saturated rings. The molecule has 1 heteroatoms. The van der Waals surface area contributed by atoms with Crippen LogP contribution in [0.2, 0.25) is 0 Å². The zero-order chi connectivity index (χ0) is 36.5. The fourth-order valence-corrected chi connectivity index (χ4v) is 8.77. The summed E-state index contributed by atoms with van der Waals surface area (Å²) in [6.45, 7) is 2.23. The van der Waals surface area contributed by atoms with Crippen LogP contribution in [-0.2, 0) is 0 Å². The van der Waals surface area contributed by atoms with Gasteiger partial charge in [0.05, 0.1) is 5.52 Å². The Balaban J connectivity index is 0.939. The minimum atomic E-state index is 1.02. The molecular weight excluding hydrogens is 663 g/mol. The maximum absolute atomic E-state index is 4.68. The predicted octanol–water partition coefficient (Wildman–Crippen LogP) is 15.0. The normalized spacial score (nSPS) is 11.7. The molecule has 0 amide bonds. The first-order chi connectivity index (χ1) is 27.1. The van der Waals surface area contributed by atoms with E-state index in [-0.39, 0.29) is 0 Å². The van der Waals surface area contributed by atoms with Crippen LogP contribution in [0.1, 0.15) is 5.56 Å². The number of hydrogen-bond donors (Lipinski definition) is 0. The molecule has 1 nitrogen and oxygen atoms in total. The number of hydrogen-bond acceptors (Lipinski definition) is 1. The zero-order valence-corrected chi connectivity index (χ0v) is 30.4. The number of pyridine rings is 1. The summed E-state index contributed by atoms with van der Waals surface area (Å²) in [6.07, 6.45) is 1.98. The summed E-state index contributed by atoms with van der Waals surface area (Å²) in [5.74, 6) is 0. The van der Waals surface area contributed by atoms with Gasteiger partial charge in [0.1, 0.15) is 0 Å². The number of aryl methyl sites for hydroxylation is 1. The zero-order valence-electron chi connectivity index (χ0n) is 30.4. The maximum atomic E-state index is 4.68. The summed E-state index contributed by atoms with van der Waals surface area (Å²) >= 11 is 0. The molecule has 0 atom stereocenters. The first kappa shape index (κ1) is 31.4. The molecule has 11 aromatic rings. The van der Waals surface area contributed by atoms with Gasteiger partial charge in [-0.2, -0.15) is 0 Å². The second kappa shape index (κ2) is 12.5. The summed E-state index contributed by atoms with van der Waals surface area (Å²) in [7, 11) is 0. The lowest BCUT2D eigenvalue weighted by Gasteiger charge is -2.16. The Morgan fingerprint density at radius 2 is 0.782 bits per heavy atom. The Morgan fingerprint density at radius 1 is 0.309 bits per heavy atom. The molecule has 256 valence electrons. The van der Waals surface area contributed by atoms with E-state index >= 15 is 0 Å². The molecule has 0 aliphatic heterocycles. The highest BCUT2D eigenvalue weighted by molar-refractivity contribution is 6.21. The summed E-state index contributed by atoms with van der Waals surface area (Å²) in [5.41, 5.74) is 12.1. The largest absolute Gasteiger partial charge is 0.256 e. The number of para-hydroxylation sites is 1. The van der Waals surface area contributed by atoms with E-state index in [2.05, 4.69) is 194 Å². The number of fused-ring (bicyclic) bond motifs is 8. The number of benzene rings is 10. The summed E-state index contributed by atoms with van der Waals surface area (Å²) in [5, 5.41) is 13.9. The molecule has 11 rings (SSSR count). The molecule has 0 saturated heterocycles. The number of nitrogens with zero attached hydrogens (tertiary/aromatic N) is 1. The molecule has 1 aromatic heterocycles. The fraction of sp³-hybridized carbons (Fsp3) is 0.0185. The predicted molar refractivity (Wildman–Crippen MR) is 236 cm³/mol. The Bertz CT molecular complexity index is 3320. The highest BCUT2D eigenvalue weighted by atomic mass is 14.6. The van der Waals surface area contributed by atoms with E-state index in [1.807, 2.05) is 12.3 Å². The van der Waals surface area contributed by atoms with E-state index in [9.17, 15) is 0 Å². The fourth-order valence-electron chi connectivity index (χ4n) is 8.77. The van der Waals surface area contributed by atoms with Gasteiger partial charge < -0.3 is 0 Å². The van der Waals surface area contributed by atoms with E-state index in [0.717, 1.165) is 16.5 Å². The quantitative estimate of drug-likeness (QED) is 0.167. The molecule has 55 heavy (non-hydrogen) atoms. The van der Waals surface area contributed by atoms with E-state index < -0.39 is 0 Å². The topological polar surface area (TPSA) is 12.9 Å². The summed E-state index contributed by atoms with van der Waals surface area (Å²) in [4.78, 5) is 4.68. The van der Waals surface area contributed by atoms with Crippen molar-refractivity contribution >= 4 is 64.8 Å². The molecule has 0 bridgehead atoms.